The molecule has 0 heterocycles. The number of hydrogen-bond donors (Lipinski definition) is 0. The third-order valence-electron chi connectivity index (χ3n) is 8.89. The van der Waals surface area contributed by atoms with E-state index in [0.29, 0.717) is 0 Å². The smallest absolute Gasteiger partial charge is 0.127 e. The van der Waals surface area contributed by atoms with Gasteiger partial charge in [-0.15, -0.1) is 0 Å². The quantitative estimate of drug-likeness (QED) is 0.137. The SMILES string of the molecule is C.C.C.Cc1ccc(Oc2ccc(C)cc2)cc1.Cc1ccc(Oc2ccc(Oc3ccc(C)cc3)cc2)cc1.Cc1cccc(Oc2ccc(Oc3cccc(C)c3)cc2)c1. The van der Waals surface area contributed by atoms with Crippen LogP contribution in [0.2, 0.25) is 0 Å². The first kappa shape index (κ1) is 49.1. The van der Waals surface area contributed by atoms with Crippen LogP contribution in [0.25, 0.3) is 0 Å². The molecule has 0 aromatic heterocycles. The highest BCUT2D eigenvalue weighted by Crippen LogP contribution is 2.29. The molecule has 0 bridgehead atoms. The van der Waals surface area contributed by atoms with Crippen LogP contribution >= 0.6 is 0 Å². The fourth-order valence-corrected chi connectivity index (χ4v) is 5.61. The summed E-state index contributed by atoms with van der Waals surface area (Å²) in [5.41, 5.74) is 7.27. The third-order valence-corrected chi connectivity index (χ3v) is 8.89. The molecule has 0 saturated heterocycles. The first-order chi connectivity index (χ1) is 28.6. The van der Waals surface area contributed by atoms with Crippen molar-refractivity contribution in [1.82, 2.24) is 0 Å². The predicted molar refractivity (Wildman–Crippen MR) is 261 cm³/mol. The summed E-state index contributed by atoms with van der Waals surface area (Å²) in [7, 11) is 0. The topological polar surface area (TPSA) is 46.2 Å². The second-order valence-electron chi connectivity index (χ2n) is 14.3. The molecule has 5 nitrogen and oxygen atoms in total. The molecule has 0 spiro atoms. The second-order valence-corrected chi connectivity index (χ2v) is 14.3. The maximum atomic E-state index is 5.83. The molecule has 0 N–H and O–H groups in total. The molecule has 0 aliphatic rings. The van der Waals surface area contributed by atoms with E-state index in [-0.39, 0.29) is 22.3 Å². The van der Waals surface area contributed by atoms with E-state index >= 15 is 0 Å². The summed E-state index contributed by atoms with van der Waals surface area (Å²) < 4.78 is 28.9. The highest BCUT2D eigenvalue weighted by molar-refractivity contribution is 5.41. The van der Waals surface area contributed by atoms with E-state index in [1.165, 1.54) is 33.4 Å². The Labute approximate surface area is 371 Å². The van der Waals surface area contributed by atoms with Crippen molar-refractivity contribution in [3.63, 3.8) is 0 Å². The van der Waals surface area contributed by atoms with Crippen LogP contribution < -0.4 is 23.7 Å². The van der Waals surface area contributed by atoms with E-state index in [0.717, 1.165) is 57.5 Å². The lowest BCUT2D eigenvalue weighted by atomic mass is 10.2. The van der Waals surface area contributed by atoms with Crippen LogP contribution in [0.4, 0.5) is 0 Å². The Hall–Kier alpha value is -7.24. The normalized spacial score (nSPS) is 9.71. The lowest BCUT2D eigenvalue weighted by Gasteiger charge is -2.09. The lowest BCUT2D eigenvalue weighted by Crippen LogP contribution is -1.87. The number of benzene rings is 8. The van der Waals surface area contributed by atoms with Crippen molar-refractivity contribution in [2.45, 2.75) is 63.8 Å². The summed E-state index contributed by atoms with van der Waals surface area (Å²) >= 11 is 0. The van der Waals surface area contributed by atoms with Crippen LogP contribution in [-0.4, -0.2) is 0 Å². The molecule has 8 aromatic carbocycles. The molecule has 0 aliphatic carbocycles. The molecule has 0 aliphatic heterocycles. The van der Waals surface area contributed by atoms with Crippen LogP contribution in [0.3, 0.4) is 0 Å². The van der Waals surface area contributed by atoms with Crippen molar-refractivity contribution in [3.8, 4) is 57.5 Å². The Morgan fingerprint density at radius 2 is 0.371 bits per heavy atom. The molecule has 0 radical (unpaired) electrons. The fraction of sp³-hybridized carbons (Fsp3) is 0.158. The van der Waals surface area contributed by atoms with E-state index in [9.17, 15) is 0 Å². The predicted octanol–water partition coefficient (Wildman–Crippen LogP) is 17.8. The Morgan fingerprint density at radius 1 is 0.194 bits per heavy atom. The van der Waals surface area contributed by atoms with Crippen LogP contribution in [0.5, 0.6) is 57.5 Å². The average Bonchev–Trinajstić information content (AvgIpc) is 3.23. The summed E-state index contributed by atoms with van der Waals surface area (Å²) in [6, 6.07) is 63.3. The number of ether oxygens (including phenoxy) is 5. The van der Waals surface area contributed by atoms with Gasteiger partial charge < -0.3 is 23.7 Å². The monoisotopic (exact) mass is 826 g/mol. The van der Waals surface area contributed by atoms with Gasteiger partial charge in [0.2, 0.25) is 0 Å². The highest BCUT2D eigenvalue weighted by Gasteiger charge is 2.03. The molecule has 0 fully saturated rings. The van der Waals surface area contributed by atoms with Crippen molar-refractivity contribution >= 4 is 0 Å². The zero-order valence-corrected chi connectivity index (χ0v) is 34.5. The lowest BCUT2D eigenvalue weighted by molar-refractivity contribution is 0.469. The molecule has 0 atom stereocenters. The van der Waals surface area contributed by atoms with Gasteiger partial charge in [-0.1, -0.05) is 117 Å². The average molecular weight is 827 g/mol. The van der Waals surface area contributed by atoms with Crippen LogP contribution in [0, 0.1) is 41.5 Å². The van der Waals surface area contributed by atoms with Gasteiger partial charge in [0.25, 0.3) is 0 Å². The zero-order chi connectivity index (χ0) is 41.4. The van der Waals surface area contributed by atoms with E-state index < -0.39 is 0 Å². The summed E-state index contributed by atoms with van der Waals surface area (Å²) in [4.78, 5) is 0. The van der Waals surface area contributed by atoms with Crippen LogP contribution in [0.15, 0.2) is 194 Å². The van der Waals surface area contributed by atoms with E-state index in [4.69, 9.17) is 23.7 Å². The minimum atomic E-state index is 0. The van der Waals surface area contributed by atoms with Crippen molar-refractivity contribution in [1.29, 1.82) is 0 Å². The van der Waals surface area contributed by atoms with Crippen molar-refractivity contribution < 1.29 is 23.7 Å². The molecule has 8 aromatic rings. The summed E-state index contributed by atoms with van der Waals surface area (Å²) in [6.07, 6.45) is 0. The third kappa shape index (κ3) is 16.4. The maximum absolute atomic E-state index is 5.83. The Balaban J connectivity index is 0.000000246. The zero-order valence-electron chi connectivity index (χ0n) is 34.5. The van der Waals surface area contributed by atoms with Gasteiger partial charge in [-0.2, -0.15) is 0 Å². The first-order valence-corrected chi connectivity index (χ1v) is 19.6. The van der Waals surface area contributed by atoms with Crippen molar-refractivity contribution in [2.75, 3.05) is 0 Å². The number of hydrogen-bond acceptors (Lipinski definition) is 5. The molecule has 320 valence electrons. The number of aryl methyl sites for hydroxylation is 6. The molecule has 62 heavy (non-hydrogen) atoms. The minimum Gasteiger partial charge on any atom is -0.457 e. The van der Waals surface area contributed by atoms with Gasteiger partial charge in [0.05, 0.1) is 0 Å². The van der Waals surface area contributed by atoms with E-state index in [1.807, 2.05) is 208 Å². The van der Waals surface area contributed by atoms with E-state index in [1.54, 1.807) is 0 Å². The van der Waals surface area contributed by atoms with Crippen molar-refractivity contribution in [3.05, 3.63) is 228 Å². The summed E-state index contributed by atoms with van der Waals surface area (Å²) in [6.45, 7) is 12.3. The van der Waals surface area contributed by atoms with Gasteiger partial charge in [-0.05, 0) is 174 Å². The fourth-order valence-electron chi connectivity index (χ4n) is 5.61. The highest BCUT2D eigenvalue weighted by atomic mass is 16.5. The summed E-state index contributed by atoms with van der Waals surface area (Å²) in [5, 5.41) is 0. The van der Waals surface area contributed by atoms with Crippen LogP contribution in [0.1, 0.15) is 55.7 Å². The molecule has 5 heteroatoms. The Bertz CT molecular complexity index is 2300. The van der Waals surface area contributed by atoms with Crippen molar-refractivity contribution in [2.24, 2.45) is 0 Å². The van der Waals surface area contributed by atoms with Gasteiger partial charge >= 0.3 is 0 Å². The molecular weight excluding hydrogens is 765 g/mol. The molecule has 8 rings (SSSR count). The molecular formula is C57H62O5. The summed E-state index contributed by atoms with van der Waals surface area (Å²) in [5.74, 6) is 8.27. The molecule has 0 amide bonds. The van der Waals surface area contributed by atoms with Gasteiger partial charge in [0.1, 0.15) is 57.5 Å². The van der Waals surface area contributed by atoms with Gasteiger partial charge in [-0.25, -0.2) is 0 Å². The second kappa shape index (κ2) is 24.7. The standard InChI is InChI=1S/2C20H18O2.C14H14O.3CH4/c1-15-3-7-17(8-4-15)21-19-11-13-20(14-12-19)22-18-9-5-16(2)6-10-18;1-15-5-3-7-19(13-15)21-17-9-11-18(12-10-17)22-20-8-4-6-16(2)14-20;1-11-3-7-13(8-4-11)15-14-9-5-12(2)6-10-14;;;/h2*3-14H,1-2H3;3-10H,1-2H3;3*1H4. The number of rotatable bonds is 10. The molecule has 0 saturated carbocycles. The van der Waals surface area contributed by atoms with Gasteiger partial charge in [0.15, 0.2) is 0 Å². The largest absolute Gasteiger partial charge is 0.457 e. The van der Waals surface area contributed by atoms with E-state index in [2.05, 4.69) is 27.7 Å². The Morgan fingerprint density at radius 3 is 0.565 bits per heavy atom. The van der Waals surface area contributed by atoms with Gasteiger partial charge in [-0.3, -0.25) is 0 Å². The maximum Gasteiger partial charge on any atom is 0.127 e. The molecule has 0 unspecified atom stereocenters. The van der Waals surface area contributed by atoms with Gasteiger partial charge in [0, 0.05) is 0 Å². The van der Waals surface area contributed by atoms with Crippen LogP contribution in [-0.2, 0) is 0 Å². The minimum absolute atomic E-state index is 0. The Kier molecular flexibility index (Phi) is 19.6. The first-order valence-electron chi connectivity index (χ1n) is 19.6.